The highest BCUT2D eigenvalue weighted by Crippen LogP contribution is 2.53. The van der Waals surface area contributed by atoms with Crippen molar-refractivity contribution in [1.82, 2.24) is 0 Å². The van der Waals surface area contributed by atoms with Crippen LogP contribution in [0.2, 0.25) is 0 Å². The molecule has 0 unspecified atom stereocenters. The van der Waals surface area contributed by atoms with Gasteiger partial charge in [0.2, 0.25) is 0 Å². The predicted molar refractivity (Wildman–Crippen MR) is 443 cm³/mol. The smallest absolute Gasteiger partial charge is 0.160 e. The van der Waals surface area contributed by atoms with Crippen LogP contribution in [0.25, 0.3) is 175 Å². The molecule has 0 radical (unpaired) electrons. The quantitative estimate of drug-likeness (QED) is 0.136. The normalized spacial score (nSPS) is 11.8. The summed E-state index contributed by atoms with van der Waals surface area (Å²) < 4.78 is 28.0. The third-order valence-corrected chi connectivity index (χ3v) is 21.2. The van der Waals surface area contributed by atoms with Gasteiger partial charge >= 0.3 is 0 Å². The Hall–Kier alpha value is -14.2. The van der Waals surface area contributed by atoms with E-state index in [2.05, 4.69) is 374 Å². The van der Waals surface area contributed by atoms with Crippen molar-refractivity contribution in [2.45, 2.75) is 0 Å². The molecule has 0 saturated heterocycles. The van der Waals surface area contributed by atoms with Crippen LogP contribution in [0.15, 0.2) is 394 Å². The lowest BCUT2D eigenvalue weighted by atomic mass is 9.96. The second-order valence-corrected chi connectivity index (χ2v) is 27.3. The van der Waals surface area contributed by atoms with Gasteiger partial charge in [0.1, 0.15) is 22.3 Å². The molecule has 0 spiro atoms. The molecule has 0 bridgehead atoms. The van der Waals surface area contributed by atoms with Gasteiger partial charge in [-0.1, -0.05) is 303 Å². The predicted octanol–water partition coefficient (Wildman–Crippen LogP) is 29.2. The van der Waals surface area contributed by atoms with Gasteiger partial charge in [0, 0.05) is 65.6 Å². The van der Waals surface area contributed by atoms with Crippen LogP contribution >= 0.6 is 0 Å². The average molecular weight is 1360 g/mol. The number of anilines is 6. The molecule has 0 amide bonds. The minimum absolute atomic E-state index is 0.812. The molecule has 4 aromatic heterocycles. The summed E-state index contributed by atoms with van der Waals surface area (Å²) in [5, 5.41) is 18.1. The second kappa shape index (κ2) is 24.8. The van der Waals surface area contributed by atoms with E-state index in [1.165, 1.54) is 32.7 Å². The molecular weight excluding hydrogens is 1290 g/mol. The van der Waals surface area contributed by atoms with Gasteiger partial charge < -0.3 is 27.5 Å². The molecular formula is C100H62N2O4. The van der Waals surface area contributed by atoms with E-state index in [4.69, 9.17) is 17.7 Å². The molecule has 496 valence electrons. The zero-order chi connectivity index (χ0) is 69.8. The number of hydrogen-bond donors (Lipinski definition) is 0. The first-order valence-corrected chi connectivity index (χ1v) is 36.0. The fourth-order valence-corrected chi connectivity index (χ4v) is 16.4. The third kappa shape index (κ3) is 9.87. The molecule has 22 rings (SSSR count). The van der Waals surface area contributed by atoms with E-state index in [0.717, 1.165) is 177 Å². The van der Waals surface area contributed by atoms with E-state index < -0.39 is 0 Å². The van der Waals surface area contributed by atoms with Crippen LogP contribution in [0, 0.1) is 0 Å². The zero-order valence-corrected chi connectivity index (χ0v) is 57.3. The summed E-state index contributed by atoms with van der Waals surface area (Å²) in [5.74, 6) is 0. The molecule has 0 aliphatic carbocycles. The lowest BCUT2D eigenvalue weighted by Gasteiger charge is -2.27. The van der Waals surface area contributed by atoms with Crippen molar-refractivity contribution < 1.29 is 17.7 Å². The summed E-state index contributed by atoms with van der Waals surface area (Å²) in [6, 6.07) is 133. The molecule has 18 aromatic carbocycles. The molecule has 6 nitrogen and oxygen atoms in total. The number of rotatable bonds is 10. The maximum absolute atomic E-state index is 7.23. The average Bonchev–Trinajstić information content (AvgIpc) is 1.56. The number of hydrogen-bond acceptors (Lipinski definition) is 6. The first-order valence-electron chi connectivity index (χ1n) is 36.0. The number of furan rings is 4. The van der Waals surface area contributed by atoms with Gasteiger partial charge in [0.25, 0.3) is 0 Å². The Morgan fingerprint density at radius 1 is 0.170 bits per heavy atom. The Morgan fingerprint density at radius 3 is 0.830 bits per heavy atom. The van der Waals surface area contributed by atoms with Crippen molar-refractivity contribution in [3.63, 3.8) is 0 Å². The van der Waals surface area contributed by atoms with Crippen LogP contribution in [-0.4, -0.2) is 0 Å². The van der Waals surface area contributed by atoms with Crippen molar-refractivity contribution in [2.24, 2.45) is 0 Å². The summed E-state index contributed by atoms with van der Waals surface area (Å²) in [6.07, 6.45) is 0. The van der Waals surface area contributed by atoms with Crippen molar-refractivity contribution >= 4 is 165 Å². The standard InChI is InChI=1S/C56H35NO2.C44H27NO2/c1-4-16-36(17-5-1)37-30-32-42(33-31-37)57(49-28-14-26-45-51-43-24-12-10-22-40(43)34-47(55(51)58-53(45)49)38-18-6-2-7-19-38)50-29-15-27-46-52-44-25-13-11-23-41(44)35-48(56(52)59-54(46)50)39-20-8-3-9-21-39;1-2-12-28(13-3-1)29-22-24-32(25-23-29)45(37-26-30-14-4-6-16-33(30)41-35-18-8-10-20-39(35)46-43(37)41)38-27-31-15-5-7-17-34(31)42-36-19-9-11-21-40(36)47-44(38)42/h1-35H;1-27H. The summed E-state index contributed by atoms with van der Waals surface area (Å²) in [7, 11) is 0. The van der Waals surface area contributed by atoms with Gasteiger partial charge in [-0.05, 0) is 149 Å². The first-order chi connectivity index (χ1) is 52.6. The number of fused-ring (bicyclic) bond motifs is 20. The Kier molecular flexibility index (Phi) is 14.2. The fourth-order valence-electron chi connectivity index (χ4n) is 16.4. The van der Waals surface area contributed by atoms with E-state index in [1.807, 2.05) is 12.1 Å². The summed E-state index contributed by atoms with van der Waals surface area (Å²) >= 11 is 0. The van der Waals surface area contributed by atoms with Gasteiger partial charge in [-0.25, -0.2) is 0 Å². The molecule has 0 aliphatic heterocycles. The summed E-state index contributed by atoms with van der Waals surface area (Å²) in [6.45, 7) is 0. The molecule has 0 N–H and O–H groups in total. The second-order valence-electron chi connectivity index (χ2n) is 27.3. The molecule has 0 fully saturated rings. The Morgan fingerprint density at radius 2 is 0.453 bits per heavy atom. The van der Waals surface area contributed by atoms with E-state index in [9.17, 15) is 0 Å². The molecule has 0 aliphatic rings. The summed E-state index contributed by atoms with van der Waals surface area (Å²) in [5.41, 5.74) is 21.6. The highest BCUT2D eigenvalue weighted by Gasteiger charge is 2.29. The minimum Gasteiger partial charge on any atom is -0.454 e. The van der Waals surface area contributed by atoms with Gasteiger partial charge in [0.05, 0.1) is 22.7 Å². The van der Waals surface area contributed by atoms with Gasteiger partial charge in [-0.2, -0.15) is 0 Å². The van der Waals surface area contributed by atoms with Crippen molar-refractivity contribution in [3.05, 3.63) is 376 Å². The SMILES string of the molecule is c1ccc(-c2ccc(N(c3cc4ccccc4c4c3oc3ccccc34)c3cc4ccccc4c4c3oc3ccccc34)cc2)cc1.c1ccc(-c2ccc(N(c3cccc4c3oc3c(-c5ccccc5)cc5ccccc5c34)c3cccc4c3oc3c(-c5ccccc5)cc5ccccc5c34)cc2)cc1. The Bertz CT molecular complexity index is 6830. The van der Waals surface area contributed by atoms with Crippen LogP contribution in [0.1, 0.15) is 0 Å². The van der Waals surface area contributed by atoms with Crippen molar-refractivity contribution in [2.75, 3.05) is 9.80 Å². The molecule has 0 atom stereocenters. The van der Waals surface area contributed by atoms with Gasteiger partial charge in [-0.3, -0.25) is 0 Å². The number of para-hydroxylation sites is 4. The van der Waals surface area contributed by atoms with Gasteiger partial charge in [0.15, 0.2) is 22.3 Å². The van der Waals surface area contributed by atoms with E-state index in [-0.39, 0.29) is 0 Å². The lowest BCUT2D eigenvalue weighted by Crippen LogP contribution is -2.11. The summed E-state index contributed by atoms with van der Waals surface area (Å²) in [4.78, 5) is 4.64. The van der Waals surface area contributed by atoms with E-state index in [0.29, 0.717) is 0 Å². The van der Waals surface area contributed by atoms with Crippen LogP contribution in [-0.2, 0) is 0 Å². The highest BCUT2D eigenvalue weighted by atomic mass is 16.3. The molecule has 0 saturated carbocycles. The van der Waals surface area contributed by atoms with Crippen molar-refractivity contribution in [1.29, 1.82) is 0 Å². The first kappa shape index (κ1) is 60.6. The molecule has 106 heavy (non-hydrogen) atoms. The maximum Gasteiger partial charge on any atom is 0.160 e. The van der Waals surface area contributed by atoms with Crippen LogP contribution in [0.5, 0.6) is 0 Å². The van der Waals surface area contributed by atoms with Crippen molar-refractivity contribution in [3.8, 4) is 44.5 Å². The van der Waals surface area contributed by atoms with Crippen LogP contribution in [0.4, 0.5) is 34.1 Å². The fraction of sp³-hybridized carbons (Fsp3) is 0. The van der Waals surface area contributed by atoms with Crippen LogP contribution in [0.3, 0.4) is 0 Å². The maximum atomic E-state index is 7.23. The third-order valence-electron chi connectivity index (χ3n) is 21.2. The van der Waals surface area contributed by atoms with E-state index >= 15 is 0 Å². The zero-order valence-electron chi connectivity index (χ0n) is 57.3. The Balaban J connectivity index is 0.000000140. The monoisotopic (exact) mass is 1350 g/mol. The highest BCUT2D eigenvalue weighted by molar-refractivity contribution is 6.29. The van der Waals surface area contributed by atoms with E-state index in [1.54, 1.807) is 0 Å². The largest absolute Gasteiger partial charge is 0.454 e. The molecule has 4 heterocycles. The topological polar surface area (TPSA) is 59.0 Å². The van der Waals surface area contributed by atoms with Gasteiger partial charge in [-0.15, -0.1) is 0 Å². The number of nitrogens with zero attached hydrogens (tertiary/aromatic N) is 2. The molecule has 6 heteroatoms. The Labute approximate surface area is 609 Å². The minimum atomic E-state index is 0.812. The van der Waals surface area contributed by atoms with Crippen LogP contribution < -0.4 is 9.80 Å². The number of benzene rings is 18. The lowest BCUT2D eigenvalue weighted by molar-refractivity contribution is 0.666. The molecule has 22 aromatic rings.